The van der Waals surface area contributed by atoms with Gasteiger partial charge >= 0.3 is 12.1 Å². The summed E-state index contributed by atoms with van der Waals surface area (Å²) >= 11 is 0. The molecule has 2 bridgehead atoms. The summed E-state index contributed by atoms with van der Waals surface area (Å²) in [6, 6.07) is 0. The van der Waals surface area contributed by atoms with Gasteiger partial charge in [-0.15, -0.1) is 0 Å². The van der Waals surface area contributed by atoms with Crippen molar-refractivity contribution in [2.75, 3.05) is 7.11 Å². The van der Waals surface area contributed by atoms with Crippen LogP contribution in [0.5, 0.6) is 0 Å². The third-order valence-electron chi connectivity index (χ3n) is 3.66. The molecule has 2 rings (SSSR count). The monoisotopic (exact) mass is 285 g/mol. The van der Waals surface area contributed by atoms with Crippen LogP contribution in [0, 0.1) is 0 Å². The quantitative estimate of drug-likeness (QED) is 0.783. The van der Waals surface area contributed by atoms with Crippen LogP contribution in [-0.2, 0) is 19.0 Å². The lowest BCUT2D eigenvalue weighted by molar-refractivity contribution is -0.156. The van der Waals surface area contributed by atoms with E-state index in [4.69, 9.17) is 14.2 Å². The van der Waals surface area contributed by atoms with Crippen molar-refractivity contribution in [3.05, 3.63) is 0 Å². The number of rotatable bonds is 2. The molecule has 2 unspecified atom stereocenters. The van der Waals surface area contributed by atoms with Crippen LogP contribution in [0.3, 0.4) is 0 Å². The number of esters is 1. The SMILES string of the molecule is COC(=O)C1(NC(=O)OC(C)(C)C)CC2CCC(C1)O2. The fourth-order valence-corrected chi connectivity index (χ4v) is 2.96. The highest BCUT2D eigenvalue weighted by Crippen LogP contribution is 2.39. The lowest BCUT2D eigenvalue weighted by Gasteiger charge is -2.38. The number of methoxy groups -OCH3 is 1. The van der Waals surface area contributed by atoms with Crippen molar-refractivity contribution in [2.24, 2.45) is 0 Å². The first-order chi connectivity index (χ1) is 9.24. The molecule has 0 radical (unpaired) electrons. The number of carbonyl (C=O) groups is 2. The minimum atomic E-state index is -1.03. The van der Waals surface area contributed by atoms with Crippen LogP contribution in [0.4, 0.5) is 4.79 Å². The second-order valence-electron chi connectivity index (χ2n) is 6.57. The van der Waals surface area contributed by atoms with E-state index in [0.29, 0.717) is 12.8 Å². The molecule has 1 N–H and O–H groups in total. The van der Waals surface area contributed by atoms with Gasteiger partial charge in [-0.05, 0) is 33.6 Å². The van der Waals surface area contributed by atoms with E-state index in [2.05, 4.69) is 5.32 Å². The fraction of sp³-hybridized carbons (Fsp3) is 0.857. The molecule has 2 atom stereocenters. The highest BCUT2D eigenvalue weighted by molar-refractivity contribution is 5.86. The molecule has 0 spiro atoms. The maximum absolute atomic E-state index is 12.2. The summed E-state index contributed by atoms with van der Waals surface area (Å²) in [5.74, 6) is -0.427. The molecule has 6 nitrogen and oxygen atoms in total. The van der Waals surface area contributed by atoms with Crippen molar-refractivity contribution >= 4 is 12.1 Å². The molecule has 2 aliphatic heterocycles. The molecule has 0 aromatic heterocycles. The van der Waals surface area contributed by atoms with E-state index >= 15 is 0 Å². The Balaban J connectivity index is 2.12. The molecule has 0 saturated carbocycles. The summed E-state index contributed by atoms with van der Waals surface area (Å²) in [6.45, 7) is 5.35. The lowest BCUT2D eigenvalue weighted by Crippen LogP contribution is -2.60. The van der Waals surface area contributed by atoms with Crippen molar-refractivity contribution in [1.29, 1.82) is 0 Å². The number of fused-ring (bicyclic) bond motifs is 2. The third kappa shape index (κ3) is 3.23. The van der Waals surface area contributed by atoms with Gasteiger partial charge in [0.05, 0.1) is 19.3 Å². The van der Waals surface area contributed by atoms with Gasteiger partial charge in [0.1, 0.15) is 11.1 Å². The molecule has 0 aliphatic carbocycles. The summed E-state index contributed by atoms with van der Waals surface area (Å²) < 4.78 is 15.9. The third-order valence-corrected chi connectivity index (χ3v) is 3.66. The second-order valence-corrected chi connectivity index (χ2v) is 6.57. The predicted molar refractivity (Wildman–Crippen MR) is 71.2 cm³/mol. The molecular formula is C14H23NO5. The standard InChI is InChI=1S/C14H23NO5/c1-13(2,3)20-12(17)15-14(11(16)18-4)7-9-5-6-10(8-14)19-9/h9-10H,5-8H2,1-4H3,(H,15,17). The fourth-order valence-electron chi connectivity index (χ4n) is 2.96. The van der Waals surface area contributed by atoms with Crippen LogP contribution in [0.15, 0.2) is 0 Å². The van der Waals surface area contributed by atoms with E-state index in [1.165, 1.54) is 7.11 Å². The molecule has 2 fully saturated rings. The van der Waals surface area contributed by atoms with E-state index in [1.54, 1.807) is 20.8 Å². The Morgan fingerprint density at radius 3 is 2.20 bits per heavy atom. The number of carbonyl (C=O) groups excluding carboxylic acids is 2. The van der Waals surface area contributed by atoms with Crippen LogP contribution in [0.2, 0.25) is 0 Å². The average Bonchev–Trinajstić information content (AvgIpc) is 2.65. The lowest BCUT2D eigenvalue weighted by atomic mass is 9.86. The zero-order valence-electron chi connectivity index (χ0n) is 12.5. The van der Waals surface area contributed by atoms with E-state index in [-0.39, 0.29) is 12.2 Å². The van der Waals surface area contributed by atoms with Gasteiger partial charge < -0.3 is 19.5 Å². The Labute approximate surface area is 119 Å². The van der Waals surface area contributed by atoms with Gasteiger partial charge in [-0.25, -0.2) is 9.59 Å². The maximum atomic E-state index is 12.2. The maximum Gasteiger partial charge on any atom is 0.408 e. The first-order valence-electron chi connectivity index (χ1n) is 6.99. The molecule has 20 heavy (non-hydrogen) atoms. The smallest absolute Gasteiger partial charge is 0.408 e. The number of hydrogen-bond acceptors (Lipinski definition) is 5. The van der Waals surface area contributed by atoms with Crippen molar-refractivity contribution in [1.82, 2.24) is 5.32 Å². The molecule has 0 aromatic rings. The average molecular weight is 285 g/mol. The van der Waals surface area contributed by atoms with Crippen LogP contribution < -0.4 is 5.32 Å². The van der Waals surface area contributed by atoms with Crippen LogP contribution in [0.1, 0.15) is 46.5 Å². The van der Waals surface area contributed by atoms with E-state index in [0.717, 1.165) is 12.8 Å². The van der Waals surface area contributed by atoms with Crippen LogP contribution in [0.25, 0.3) is 0 Å². The number of hydrogen-bond donors (Lipinski definition) is 1. The summed E-state index contributed by atoms with van der Waals surface area (Å²) in [5, 5.41) is 2.72. The van der Waals surface area contributed by atoms with Gasteiger partial charge in [0.25, 0.3) is 0 Å². The summed E-state index contributed by atoms with van der Waals surface area (Å²) in [5.41, 5.74) is -1.63. The molecular weight excluding hydrogens is 262 g/mol. The molecule has 114 valence electrons. The molecule has 6 heteroatoms. The van der Waals surface area contributed by atoms with Gasteiger partial charge in [-0.1, -0.05) is 0 Å². The Morgan fingerprint density at radius 2 is 1.75 bits per heavy atom. The molecule has 2 heterocycles. The van der Waals surface area contributed by atoms with E-state index in [9.17, 15) is 9.59 Å². The summed E-state index contributed by atoms with van der Waals surface area (Å²) in [7, 11) is 1.33. The Bertz CT molecular complexity index is 389. The van der Waals surface area contributed by atoms with Gasteiger partial charge in [0.15, 0.2) is 0 Å². The Morgan fingerprint density at radius 1 is 1.20 bits per heavy atom. The molecule has 0 aromatic carbocycles. The zero-order valence-corrected chi connectivity index (χ0v) is 12.5. The van der Waals surface area contributed by atoms with Crippen molar-refractivity contribution in [3.8, 4) is 0 Å². The van der Waals surface area contributed by atoms with Gasteiger partial charge in [-0.2, -0.15) is 0 Å². The first-order valence-corrected chi connectivity index (χ1v) is 6.99. The van der Waals surface area contributed by atoms with Crippen molar-refractivity contribution in [2.45, 2.75) is 69.8 Å². The highest BCUT2D eigenvalue weighted by Gasteiger charge is 2.51. The predicted octanol–water partition coefficient (Wildman–Crippen LogP) is 1.76. The number of amides is 1. The number of nitrogens with one attached hydrogen (secondary N) is 1. The largest absolute Gasteiger partial charge is 0.467 e. The molecule has 2 aliphatic rings. The van der Waals surface area contributed by atoms with Crippen molar-refractivity contribution in [3.63, 3.8) is 0 Å². The minimum absolute atomic E-state index is 0.00258. The van der Waals surface area contributed by atoms with Gasteiger partial charge in [0.2, 0.25) is 0 Å². The van der Waals surface area contributed by atoms with E-state index in [1.807, 2.05) is 0 Å². The second kappa shape index (κ2) is 5.24. The molecule has 2 saturated heterocycles. The zero-order chi connectivity index (χ0) is 15.0. The highest BCUT2D eigenvalue weighted by atomic mass is 16.6. The number of alkyl carbamates (subject to hydrolysis) is 1. The van der Waals surface area contributed by atoms with Gasteiger partial charge in [0, 0.05) is 12.8 Å². The number of ether oxygens (including phenoxy) is 3. The van der Waals surface area contributed by atoms with Crippen molar-refractivity contribution < 1.29 is 23.8 Å². The topological polar surface area (TPSA) is 73.9 Å². The summed E-state index contributed by atoms with van der Waals surface area (Å²) in [6.07, 6.45) is 2.12. The van der Waals surface area contributed by atoms with Crippen LogP contribution >= 0.6 is 0 Å². The molecule has 1 amide bonds. The normalized spacial score (nSPS) is 32.6. The Hall–Kier alpha value is -1.30. The Kier molecular flexibility index (Phi) is 3.95. The van der Waals surface area contributed by atoms with Gasteiger partial charge in [-0.3, -0.25) is 0 Å². The summed E-state index contributed by atoms with van der Waals surface area (Å²) in [4.78, 5) is 24.2. The van der Waals surface area contributed by atoms with Crippen LogP contribution in [-0.4, -0.2) is 42.5 Å². The first kappa shape index (κ1) is 15.1. The minimum Gasteiger partial charge on any atom is -0.467 e. The van der Waals surface area contributed by atoms with E-state index < -0.39 is 23.2 Å².